The SMILES string of the molecule is Cc1cccc(C(=O)N2CCOCCCCOc3ccc(F)cc3C2)n1. The summed E-state index contributed by atoms with van der Waals surface area (Å²) in [7, 11) is 0. The molecule has 2 heterocycles. The number of benzene rings is 1. The van der Waals surface area contributed by atoms with Gasteiger partial charge in [-0.2, -0.15) is 0 Å². The van der Waals surface area contributed by atoms with Gasteiger partial charge in [-0.25, -0.2) is 9.37 Å². The molecular weight excluding hydrogens is 335 g/mol. The van der Waals surface area contributed by atoms with E-state index in [9.17, 15) is 9.18 Å². The fourth-order valence-electron chi connectivity index (χ4n) is 2.86. The van der Waals surface area contributed by atoms with Crippen LogP contribution in [0.25, 0.3) is 0 Å². The molecule has 0 radical (unpaired) electrons. The molecule has 3 rings (SSSR count). The van der Waals surface area contributed by atoms with E-state index < -0.39 is 0 Å². The molecule has 0 saturated heterocycles. The van der Waals surface area contributed by atoms with E-state index in [-0.39, 0.29) is 18.3 Å². The molecule has 5 nitrogen and oxygen atoms in total. The number of carbonyl (C=O) groups is 1. The Morgan fingerprint density at radius 1 is 1.15 bits per heavy atom. The molecule has 1 aliphatic rings. The standard InChI is InChI=1S/C20H23FN2O3/c1-15-5-4-6-18(22-15)20(24)23-9-12-25-10-2-3-11-26-19-8-7-17(21)13-16(19)14-23/h4-8,13H,2-3,9-12,14H2,1H3. The number of ether oxygens (including phenoxy) is 2. The van der Waals surface area contributed by atoms with Gasteiger partial charge >= 0.3 is 0 Å². The molecule has 2 aromatic rings. The van der Waals surface area contributed by atoms with Gasteiger partial charge in [0.05, 0.1) is 13.2 Å². The highest BCUT2D eigenvalue weighted by Gasteiger charge is 2.20. The van der Waals surface area contributed by atoms with Gasteiger partial charge in [0.1, 0.15) is 17.3 Å². The highest BCUT2D eigenvalue weighted by atomic mass is 19.1. The lowest BCUT2D eigenvalue weighted by Gasteiger charge is -2.24. The van der Waals surface area contributed by atoms with Crippen molar-refractivity contribution < 1.29 is 18.7 Å². The summed E-state index contributed by atoms with van der Waals surface area (Å²) in [6.45, 7) is 4.09. The highest BCUT2D eigenvalue weighted by molar-refractivity contribution is 5.92. The monoisotopic (exact) mass is 358 g/mol. The summed E-state index contributed by atoms with van der Waals surface area (Å²) in [5.74, 6) is 0.0595. The first-order chi connectivity index (χ1) is 12.6. The number of hydrogen-bond donors (Lipinski definition) is 0. The van der Waals surface area contributed by atoms with Crippen molar-refractivity contribution in [3.05, 3.63) is 59.2 Å². The Kier molecular flexibility index (Phi) is 6.17. The van der Waals surface area contributed by atoms with Crippen LogP contribution in [0.4, 0.5) is 4.39 Å². The molecule has 26 heavy (non-hydrogen) atoms. The Bertz CT molecular complexity index is 766. The predicted octanol–water partition coefficient (Wildman–Crippen LogP) is 3.36. The third-order valence-electron chi connectivity index (χ3n) is 4.22. The highest BCUT2D eigenvalue weighted by Crippen LogP contribution is 2.23. The zero-order chi connectivity index (χ0) is 18.4. The van der Waals surface area contributed by atoms with Gasteiger partial charge in [-0.05, 0) is 50.1 Å². The summed E-state index contributed by atoms with van der Waals surface area (Å²) in [4.78, 5) is 18.9. The molecule has 0 spiro atoms. The first-order valence-corrected chi connectivity index (χ1v) is 8.85. The molecule has 1 aliphatic heterocycles. The molecule has 0 N–H and O–H groups in total. The third kappa shape index (κ3) is 4.79. The number of halogens is 1. The minimum absolute atomic E-state index is 0.204. The average Bonchev–Trinajstić information content (AvgIpc) is 2.62. The van der Waals surface area contributed by atoms with E-state index >= 15 is 0 Å². The van der Waals surface area contributed by atoms with Crippen molar-refractivity contribution in [3.63, 3.8) is 0 Å². The second-order valence-electron chi connectivity index (χ2n) is 6.31. The normalized spacial score (nSPS) is 16.0. The van der Waals surface area contributed by atoms with Crippen LogP contribution in [-0.4, -0.2) is 42.2 Å². The minimum atomic E-state index is -0.350. The van der Waals surface area contributed by atoms with Crippen LogP contribution in [0.1, 0.15) is 34.6 Å². The molecule has 1 amide bonds. The predicted molar refractivity (Wildman–Crippen MR) is 95.7 cm³/mol. The van der Waals surface area contributed by atoms with E-state index in [0.29, 0.717) is 43.4 Å². The van der Waals surface area contributed by atoms with Crippen molar-refractivity contribution in [1.82, 2.24) is 9.88 Å². The average molecular weight is 358 g/mol. The van der Waals surface area contributed by atoms with Crippen molar-refractivity contribution in [2.45, 2.75) is 26.3 Å². The number of rotatable bonds is 1. The number of carbonyl (C=O) groups excluding carboxylic acids is 1. The Balaban J connectivity index is 1.88. The Morgan fingerprint density at radius 2 is 2.00 bits per heavy atom. The van der Waals surface area contributed by atoms with E-state index in [4.69, 9.17) is 9.47 Å². The molecule has 1 aromatic heterocycles. The van der Waals surface area contributed by atoms with Crippen molar-refractivity contribution in [2.24, 2.45) is 0 Å². The second kappa shape index (κ2) is 8.76. The molecule has 0 unspecified atom stereocenters. The fraction of sp³-hybridized carbons (Fsp3) is 0.400. The summed E-state index contributed by atoms with van der Waals surface area (Å²) in [5, 5.41) is 0. The van der Waals surface area contributed by atoms with E-state index in [2.05, 4.69) is 4.98 Å². The van der Waals surface area contributed by atoms with Crippen LogP contribution in [0.5, 0.6) is 5.75 Å². The molecule has 6 heteroatoms. The van der Waals surface area contributed by atoms with Crippen molar-refractivity contribution >= 4 is 5.91 Å². The van der Waals surface area contributed by atoms with E-state index in [1.807, 2.05) is 13.0 Å². The lowest BCUT2D eigenvalue weighted by molar-refractivity contribution is 0.0602. The van der Waals surface area contributed by atoms with Gasteiger partial charge in [0.2, 0.25) is 0 Å². The van der Waals surface area contributed by atoms with Gasteiger partial charge in [-0.15, -0.1) is 0 Å². The van der Waals surface area contributed by atoms with Gasteiger partial charge in [0.15, 0.2) is 0 Å². The van der Waals surface area contributed by atoms with Gasteiger partial charge in [-0.3, -0.25) is 4.79 Å². The Hall–Kier alpha value is -2.47. The molecular formula is C20H23FN2O3. The third-order valence-corrected chi connectivity index (χ3v) is 4.22. The van der Waals surface area contributed by atoms with Crippen LogP contribution in [-0.2, 0) is 11.3 Å². The summed E-state index contributed by atoms with van der Waals surface area (Å²) in [6, 6.07) is 9.76. The fourth-order valence-corrected chi connectivity index (χ4v) is 2.86. The number of hydrogen-bond acceptors (Lipinski definition) is 4. The maximum Gasteiger partial charge on any atom is 0.272 e. The quantitative estimate of drug-likeness (QED) is 0.784. The number of amides is 1. The molecule has 0 aliphatic carbocycles. The maximum atomic E-state index is 13.8. The summed E-state index contributed by atoms with van der Waals surface area (Å²) in [5.41, 5.74) is 1.79. The van der Waals surface area contributed by atoms with E-state index in [1.165, 1.54) is 12.1 Å². The minimum Gasteiger partial charge on any atom is -0.493 e. The number of pyridine rings is 1. The first kappa shape index (κ1) is 18.3. The van der Waals surface area contributed by atoms with Gasteiger partial charge in [-0.1, -0.05) is 6.07 Å². The molecule has 0 atom stereocenters. The molecule has 138 valence electrons. The van der Waals surface area contributed by atoms with Gasteiger partial charge in [0.25, 0.3) is 5.91 Å². The largest absolute Gasteiger partial charge is 0.493 e. The summed E-state index contributed by atoms with van der Waals surface area (Å²) >= 11 is 0. The molecule has 0 bridgehead atoms. The first-order valence-electron chi connectivity index (χ1n) is 8.85. The smallest absolute Gasteiger partial charge is 0.272 e. The summed E-state index contributed by atoms with van der Waals surface area (Å²) < 4.78 is 25.2. The van der Waals surface area contributed by atoms with Crippen LogP contribution < -0.4 is 4.74 Å². The van der Waals surface area contributed by atoms with E-state index in [1.54, 1.807) is 23.1 Å². The Morgan fingerprint density at radius 3 is 2.85 bits per heavy atom. The number of aromatic nitrogens is 1. The molecule has 0 saturated carbocycles. The zero-order valence-electron chi connectivity index (χ0n) is 14.9. The van der Waals surface area contributed by atoms with Crippen LogP contribution >= 0.6 is 0 Å². The maximum absolute atomic E-state index is 13.8. The van der Waals surface area contributed by atoms with Crippen molar-refractivity contribution in [2.75, 3.05) is 26.4 Å². The Labute approximate surface area is 152 Å². The number of fused-ring (bicyclic) bond motifs is 1. The van der Waals surface area contributed by atoms with Crippen molar-refractivity contribution in [3.8, 4) is 5.75 Å². The number of nitrogens with zero attached hydrogens (tertiary/aromatic N) is 2. The van der Waals surface area contributed by atoms with Gasteiger partial charge < -0.3 is 14.4 Å². The van der Waals surface area contributed by atoms with E-state index in [0.717, 1.165) is 18.5 Å². The van der Waals surface area contributed by atoms with Crippen LogP contribution in [0, 0.1) is 12.7 Å². The topological polar surface area (TPSA) is 51.7 Å². The number of aryl methyl sites for hydroxylation is 1. The zero-order valence-corrected chi connectivity index (χ0v) is 14.9. The molecule has 0 fully saturated rings. The van der Waals surface area contributed by atoms with Crippen LogP contribution in [0.3, 0.4) is 0 Å². The van der Waals surface area contributed by atoms with Gasteiger partial charge in [0, 0.05) is 31.0 Å². The summed E-state index contributed by atoms with van der Waals surface area (Å²) in [6.07, 6.45) is 1.75. The molecule has 1 aromatic carbocycles. The van der Waals surface area contributed by atoms with Crippen LogP contribution in [0.2, 0.25) is 0 Å². The lowest BCUT2D eigenvalue weighted by Crippen LogP contribution is -2.34. The second-order valence-corrected chi connectivity index (χ2v) is 6.31. The lowest BCUT2D eigenvalue weighted by atomic mass is 10.1. The van der Waals surface area contributed by atoms with Crippen LogP contribution in [0.15, 0.2) is 36.4 Å². The van der Waals surface area contributed by atoms with Crippen molar-refractivity contribution in [1.29, 1.82) is 0 Å².